The molecular formula is C16H16FN3O4. The van der Waals surface area contributed by atoms with Crippen molar-refractivity contribution in [2.45, 2.75) is 19.9 Å². The van der Waals surface area contributed by atoms with Crippen molar-refractivity contribution in [3.63, 3.8) is 0 Å². The zero-order valence-corrected chi connectivity index (χ0v) is 13.1. The number of hydrogen-bond donors (Lipinski definition) is 1. The molecule has 0 radical (unpaired) electrons. The Bertz CT molecular complexity index is 815. The predicted molar refractivity (Wildman–Crippen MR) is 83.6 cm³/mol. The maximum atomic E-state index is 13.0. The van der Waals surface area contributed by atoms with Crippen molar-refractivity contribution in [1.29, 1.82) is 0 Å². The number of nitrogens with zero attached hydrogens (tertiary/aromatic N) is 3. The highest BCUT2D eigenvalue weighted by Gasteiger charge is 2.23. The Balaban J connectivity index is 2.43. The van der Waals surface area contributed by atoms with Crippen molar-refractivity contribution in [2.24, 2.45) is 0 Å². The second kappa shape index (κ2) is 7.03. The molecule has 0 aliphatic heterocycles. The summed E-state index contributed by atoms with van der Waals surface area (Å²) in [6, 6.07) is 7.09. The predicted octanol–water partition coefficient (Wildman–Crippen LogP) is 1.31. The smallest absolute Gasteiger partial charge is 0.323 e. The number of amides is 1. The van der Waals surface area contributed by atoms with E-state index in [1.165, 1.54) is 30.3 Å². The summed E-state index contributed by atoms with van der Waals surface area (Å²) >= 11 is 0. The molecule has 7 nitrogen and oxygen atoms in total. The molecular weight excluding hydrogens is 317 g/mol. The Labute approximate surface area is 137 Å². The van der Waals surface area contributed by atoms with E-state index < -0.39 is 29.8 Å². The summed E-state index contributed by atoms with van der Waals surface area (Å²) in [5.74, 6) is -2.22. The summed E-state index contributed by atoms with van der Waals surface area (Å²) < 4.78 is 14.0. The van der Waals surface area contributed by atoms with Crippen molar-refractivity contribution in [2.75, 3.05) is 6.54 Å². The molecule has 1 N–H and O–H groups in total. The maximum Gasteiger partial charge on any atom is 0.323 e. The van der Waals surface area contributed by atoms with Crippen LogP contribution in [0.25, 0.3) is 5.69 Å². The Kier molecular flexibility index (Phi) is 5.08. The molecule has 1 aromatic heterocycles. The minimum absolute atomic E-state index is 0.0751. The van der Waals surface area contributed by atoms with E-state index in [4.69, 9.17) is 5.11 Å². The van der Waals surface area contributed by atoms with Gasteiger partial charge in [0.2, 0.25) is 0 Å². The first-order valence-electron chi connectivity index (χ1n) is 7.18. The quantitative estimate of drug-likeness (QED) is 0.890. The third-order valence-corrected chi connectivity index (χ3v) is 3.28. The number of carboxylic acids is 1. The summed E-state index contributed by atoms with van der Waals surface area (Å²) in [7, 11) is 0. The van der Waals surface area contributed by atoms with Gasteiger partial charge in [-0.2, -0.15) is 9.78 Å². The normalized spacial score (nSPS) is 10.7. The fraction of sp³-hybridized carbons (Fsp3) is 0.250. The number of carbonyl (C=O) groups is 2. The van der Waals surface area contributed by atoms with E-state index in [-0.39, 0.29) is 11.7 Å². The van der Waals surface area contributed by atoms with Crippen LogP contribution in [-0.2, 0) is 4.79 Å². The summed E-state index contributed by atoms with van der Waals surface area (Å²) in [6.07, 6.45) is 0. The molecule has 0 saturated heterocycles. The number of hydrogen-bond acceptors (Lipinski definition) is 4. The van der Waals surface area contributed by atoms with E-state index in [9.17, 15) is 18.8 Å². The van der Waals surface area contributed by atoms with E-state index in [1.54, 1.807) is 13.8 Å². The zero-order chi connectivity index (χ0) is 17.9. The number of carboxylic acid groups (broad SMARTS) is 1. The lowest BCUT2D eigenvalue weighted by molar-refractivity contribution is -0.138. The monoisotopic (exact) mass is 333 g/mol. The number of aromatic nitrogens is 2. The lowest BCUT2D eigenvalue weighted by atomic mass is 10.2. The fourth-order valence-electron chi connectivity index (χ4n) is 2.07. The Morgan fingerprint density at radius 1 is 1.21 bits per heavy atom. The molecule has 0 aliphatic carbocycles. The summed E-state index contributed by atoms with van der Waals surface area (Å²) in [5, 5.41) is 12.9. The van der Waals surface area contributed by atoms with Gasteiger partial charge in [-0.25, -0.2) is 4.39 Å². The van der Waals surface area contributed by atoms with Gasteiger partial charge in [-0.05, 0) is 44.2 Å². The molecule has 1 aromatic carbocycles. The first-order chi connectivity index (χ1) is 11.3. The summed E-state index contributed by atoms with van der Waals surface area (Å²) in [5.41, 5.74) is -0.272. The van der Waals surface area contributed by atoms with Gasteiger partial charge in [0.15, 0.2) is 0 Å². The fourth-order valence-corrected chi connectivity index (χ4v) is 2.07. The van der Waals surface area contributed by atoms with Gasteiger partial charge >= 0.3 is 5.97 Å². The molecule has 0 spiro atoms. The molecule has 0 aliphatic rings. The van der Waals surface area contributed by atoms with Gasteiger partial charge < -0.3 is 10.0 Å². The van der Waals surface area contributed by atoms with Gasteiger partial charge in [0.1, 0.15) is 18.1 Å². The van der Waals surface area contributed by atoms with Crippen LogP contribution < -0.4 is 5.56 Å². The Morgan fingerprint density at radius 3 is 2.38 bits per heavy atom. The van der Waals surface area contributed by atoms with Crippen LogP contribution in [-0.4, -0.2) is 44.3 Å². The van der Waals surface area contributed by atoms with Gasteiger partial charge in [0, 0.05) is 12.1 Å². The minimum atomic E-state index is -1.15. The van der Waals surface area contributed by atoms with Crippen molar-refractivity contribution < 1.29 is 19.1 Å². The lowest BCUT2D eigenvalue weighted by Gasteiger charge is -2.24. The van der Waals surface area contributed by atoms with Crippen LogP contribution in [0, 0.1) is 5.82 Å². The van der Waals surface area contributed by atoms with E-state index in [0.717, 1.165) is 15.6 Å². The molecule has 2 aromatic rings. The minimum Gasteiger partial charge on any atom is -0.480 e. The molecule has 2 rings (SSSR count). The molecule has 0 saturated carbocycles. The largest absolute Gasteiger partial charge is 0.480 e. The van der Waals surface area contributed by atoms with Crippen molar-refractivity contribution >= 4 is 11.9 Å². The third kappa shape index (κ3) is 3.83. The molecule has 126 valence electrons. The molecule has 0 atom stereocenters. The number of rotatable bonds is 5. The molecule has 1 heterocycles. The lowest BCUT2D eigenvalue weighted by Crippen LogP contribution is -2.41. The Hall–Kier alpha value is -3.03. The SMILES string of the molecule is CC(C)N(CC(=O)O)C(=O)c1ccc(=O)n(-c2ccc(F)cc2)n1. The van der Waals surface area contributed by atoms with Crippen LogP contribution in [0.1, 0.15) is 24.3 Å². The van der Waals surface area contributed by atoms with Gasteiger partial charge in [-0.3, -0.25) is 14.4 Å². The number of carbonyl (C=O) groups excluding carboxylic acids is 1. The second-order valence-corrected chi connectivity index (χ2v) is 5.37. The van der Waals surface area contributed by atoms with E-state index in [1.807, 2.05) is 0 Å². The first kappa shape index (κ1) is 17.3. The van der Waals surface area contributed by atoms with Gasteiger partial charge in [0.05, 0.1) is 5.69 Å². The van der Waals surface area contributed by atoms with Gasteiger partial charge in [0.25, 0.3) is 11.5 Å². The molecule has 0 fully saturated rings. The van der Waals surface area contributed by atoms with Crippen LogP contribution in [0.4, 0.5) is 4.39 Å². The average Bonchev–Trinajstić information content (AvgIpc) is 2.53. The Morgan fingerprint density at radius 2 is 1.83 bits per heavy atom. The van der Waals surface area contributed by atoms with E-state index in [2.05, 4.69) is 5.10 Å². The van der Waals surface area contributed by atoms with Gasteiger partial charge in [-0.15, -0.1) is 0 Å². The van der Waals surface area contributed by atoms with Crippen molar-refractivity contribution in [3.05, 3.63) is 58.3 Å². The van der Waals surface area contributed by atoms with Crippen molar-refractivity contribution in [3.8, 4) is 5.69 Å². The van der Waals surface area contributed by atoms with Crippen LogP contribution in [0.3, 0.4) is 0 Å². The van der Waals surface area contributed by atoms with Crippen LogP contribution in [0.15, 0.2) is 41.2 Å². The maximum absolute atomic E-state index is 13.0. The number of halogens is 1. The van der Waals surface area contributed by atoms with Crippen LogP contribution >= 0.6 is 0 Å². The standard InChI is InChI=1S/C16H16FN3O4/c1-10(2)19(9-15(22)23)16(24)13-7-8-14(21)20(18-13)12-5-3-11(17)4-6-12/h3-8,10H,9H2,1-2H3,(H,22,23). The molecule has 8 heteroatoms. The van der Waals surface area contributed by atoms with Crippen LogP contribution in [0.2, 0.25) is 0 Å². The van der Waals surface area contributed by atoms with E-state index in [0.29, 0.717) is 5.69 Å². The van der Waals surface area contributed by atoms with Crippen LogP contribution in [0.5, 0.6) is 0 Å². The first-order valence-corrected chi connectivity index (χ1v) is 7.18. The molecule has 24 heavy (non-hydrogen) atoms. The molecule has 1 amide bonds. The molecule has 0 unspecified atom stereocenters. The molecule has 0 bridgehead atoms. The highest BCUT2D eigenvalue weighted by atomic mass is 19.1. The number of aliphatic carboxylic acids is 1. The summed E-state index contributed by atoms with van der Waals surface area (Å²) in [4.78, 5) is 36.5. The second-order valence-electron chi connectivity index (χ2n) is 5.37. The third-order valence-electron chi connectivity index (χ3n) is 3.28. The topological polar surface area (TPSA) is 92.5 Å². The van der Waals surface area contributed by atoms with Crippen molar-refractivity contribution in [1.82, 2.24) is 14.7 Å². The highest BCUT2D eigenvalue weighted by molar-refractivity contribution is 5.94. The van der Waals surface area contributed by atoms with Gasteiger partial charge in [-0.1, -0.05) is 0 Å². The van der Waals surface area contributed by atoms with E-state index >= 15 is 0 Å². The average molecular weight is 333 g/mol. The summed E-state index contributed by atoms with van der Waals surface area (Å²) in [6.45, 7) is 2.88. The highest BCUT2D eigenvalue weighted by Crippen LogP contribution is 2.08. The zero-order valence-electron chi connectivity index (χ0n) is 13.1. The number of benzene rings is 1.